The fraction of sp³-hybridized carbons (Fsp3) is 1.00. The average molecular weight is 889 g/mol. The van der Waals surface area contributed by atoms with E-state index in [-0.39, 0.29) is 39.4 Å². The molecule has 0 heterocycles. The quantitative estimate of drug-likeness (QED) is 0.0588. The lowest BCUT2D eigenvalue weighted by Gasteiger charge is -2.38. The summed E-state index contributed by atoms with van der Waals surface area (Å²) in [6, 6.07) is 0. The molecule has 53 heavy (non-hydrogen) atoms. The minimum Gasteiger partial charge on any atom is -1.00 e. The van der Waals surface area contributed by atoms with Crippen LogP contribution < -0.4 is 34.0 Å². The average Bonchev–Trinajstić information content (AvgIpc) is 3.16. The predicted octanol–water partition coefficient (Wildman–Crippen LogP) is 5.64. The van der Waals surface area contributed by atoms with Crippen LogP contribution >= 0.6 is 0 Å². The van der Waals surface area contributed by atoms with Crippen LogP contribution in [0.25, 0.3) is 0 Å². The van der Waals surface area contributed by atoms with E-state index >= 15 is 0 Å². The largest absolute Gasteiger partial charge is 1.00 e. The molecule has 0 aliphatic heterocycles. The highest BCUT2D eigenvalue weighted by atomic mass is 79.9. The monoisotopic (exact) mass is 887 g/mol. The number of hydrogen-bond acceptors (Lipinski definition) is 4. The second kappa shape index (κ2) is 40.9. The summed E-state index contributed by atoms with van der Waals surface area (Å²) in [5, 5.41) is 0. The van der Waals surface area contributed by atoms with E-state index in [1.54, 1.807) is 0 Å². The van der Waals surface area contributed by atoms with E-state index in [4.69, 9.17) is 18.9 Å². The van der Waals surface area contributed by atoms with Crippen molar-refractivity contribution < 1.29 is 61.9 Å². The summed E-state index contributed by atoms with van der Waals surface area (Å²) >= 11 is 0. The summed E-state index contributed by atoms with van der Waals surface area (Å²) in [5.74, 6) is 0. The standard InChI is InChI=1S/C45H96N2O4.2BrH/c1-9-17-19-21-22-23-24-25-28-33-39-49-42-45(43-50-40-35-46(11-3,12-4)13-5,44-51-41-36-47(14-6,15-7)16-8)34-30-27-26-29-32-38-48-37-31-20-18-10-2;;/h9-44H2,1-8H3;2*1H/q+2;;/p-2. The number of quaternary nitrogens is 2. The van der Waals surface area contributed by atoms with Crippen LogP contribution in [-0.2, 0) is 18.9 Å². The number of nitrogens with zero attached hydrogens (tertiary/aromatic N) is 2. The molecule has 0 aliphatic carbocycles. The molecule has 0 saturated carbocycles. The molecule has 0 aliphatic rings. The summed E-state index contributed by atoms with van der Waals surface area (Å²) in [6.45, 7) is 34.3. The van der Waals surface area contributed by atoms with Crippen molar-refractivity contribution >= 4 is 0 Å². The van der Waals surface area contributed by atoms with Crippen LogP contribution in [0.15, 0.2) is 0 Å². The predicted molar refractivity (Wildman–Crippen MR) is 223 cm³/mol. The normalized spacial score (nSPS) is 12.2. The highest BCUT2D eigenvalue weighted by Crippen LogP contribution is 2.28. The van der Waals surface area contributed by atoms with Crippen molar-refractivity contribution in [2.45, 2.75) is 184 Å². The summed E-state index contributed by atoms with van der Waals surface area (Å²) in [4.78, 5) is 0. The van der Waals surface area contributed by atoms with Crippen LogP contribution in [0.5, 0.6) is 0 Å². The third-order valence-electron chi connectivity index (χ3n) is 12.4. The van der Waals surface area contributed by atoms with Crippen molar-refractivity contribution in [2.24, 2.45) is 5.41 Å². The van der Waals surface area contributed by atoms with Crippen LogP contribution in [0.4, 0.5) is 0 Å². The van der Waals surface area contributed by atoms with Crippen molar-refractivity contribution in [1.82, 2.24) is 0 Å². The second-order valence-corrected chi connectivity index (χ2v) is 16.1. The maximum atomic E-state index is 6.64. The van der Waals surface area contributed by atoms with Gasteiger partial charge in [0.1, 0.15) is 13.1 Å². The minimum atomic E-state index is -0.0826. The van der Waals surface area contributed by atoms with E-state index in [0.29, 0.717) is 0 Å². The van der Waals surface area contributed by atoms with Crippen molar-refractivity contribution in [3.63, 3.8) is 0 Å². The zero-order valence-corrected chi connectivity index (χ0v) is 40.4. The molecule has 0 N–H and O–H groups in total. The van der Waals surface area contributed by atoms with Gasteiger partial charge in [0.05, 0.1) is 72.3 Å². The Kier molecular flexibility index (Phi) is 44.8. The van der Waals surface area contributed by atoms with Gasteiger partial charge in [0.25, 0.3) is 0 Å². The Morgan fingerprint density at radius 2 is 0.604 bits per heavy atom. The maximum absolute atomic E-state index is 6.64. The van der Waals surface area contributed by atoms with Gasteiger partial charge in [-0.1, -0.05) is 117 Å². The molecule has 0 aromatic heterocycles. The van der Waals surface area contributed by atoms with Crippen molar-refractivity contribution in [2.75, 3.05) is 105 Å². The highest BCUT2D eigenvalue weighted by Gasteiger charge is 2.33. The number of ether oxygens (including phenoxy) is 4. The number of likely N-dealkylation sites (N-methyl/N-ethyl adjacent to an activating group) is 2. The van der Waals surface area contributed by atoms with Crippen LogP contribution in [0.1, 0.15) is 184 Å². The molecule has 8 heteroatoms. The fourth-order valence-electron chi connectivity index (χ4n) is 7.67. The van der Waals surface area contributed by atoms with Gasteiger partial charge >= 0.3 is 0 Å². The van der Waals surface area contributed by atoms with Crippen molar-refractivity contribution in [1.29, 1.82) is 0 Å². The minimum absolute atomic E-state index is 0. The van der Waals surface area contributed by atoms with Crippen LogP contribution in [-0.4, -0.2) is 114 Å². The van der Waals surface area contributed by atoms with Gasteiger partial charge in [-0.05, 0) is 67.2 Å². The molecule has 0 saturated heterocycles. The lowest BCUT2D eigenvalue weighted by molar-refractivity contribution is -0.923. The number of rotatable bonds is 42. The van der Waals surface area contributed by atoms with Crippen LogP contribution in [0, 0.1) is 5.41 Å². The second-order valence-electron chi connectivity index (χ2n) is 16.1. The maximum Gasteiger partial charge on any atom is 0.102 e. The molecule has 0 unspecified atom stereocenters. The van der Waals surface area contributed by atoms with E-state index < -0.39 is 0 Å². The molecule has 0 fully saturated rings. The van der Waals surface area contributed by atoms with Gasteiger partial charge in [0.15, 0.2) is 0 Å². The van der Waals surface area contributed by atoms with Gasteiger partial charge in [-0.15, -0.1) is 0 Å². The highest BCUT2D eigenvalue weighted by molar-refractivity contribution is 4.80. The van der Waals surface area contributed by atoms with E-state index in [1.165, 1.54) is 161 Å². The van der Waals surface area contributed by atoms with E-state index in [0.717, 1.165) is 81.3 Å². The molecule has 0 bridgehead atoms. The Morgan fingerprint density at radius 1 is 0.321 bits per heavy atom. The molecule has 324 valence electrons. The van der Waals surface area contributed by atoms with Gasteiger partial charge in [-0.3, -0.25) is 0 Å². The smallest absolute Gasteiger partial charge is 0.102 e. The molecule has 0 radical (unpaired) electrons. The Bertz CT molecular complexity index is 635. The molecule has 0 aromatic carbocycles. The molecular weight excluding hydrogens is 792 g/mol. The fourth-order valence-corrected chi connectivity index (χ4v) is 7.67. The van der Waals surface area contributed by atoms with Crippen molar-refractivity contribution in [3.8, 4) is 0 Å². The van der Waals surface area contributed by atoms with E-state index in [2.05, 4.69) is 55.4 Å². The number of halogens is 2. The lowest BCUT2D eigenvalue weighted by Crippen LogP contribution is -3.00. The summed E-state index contributed by atoms with van der Waals surface area (Å²) in [5.41, 5.74) is -0.0826. The Balaban J connectivity index is -0.0000125. The Labute approximate surface area is 354 Å². The molecule has 0 spiro atoms. The zero-order valence-electron chi connectivity index (χ0n) is 37.2. The SMILES string of the molecule is CCCCCCCCCCCCOCC(CCCCCCCOCCCCCC)(COCC[N+](CC)(CC)CC)COCC[N+](CC)(CC)CC.[Br-].[Br-]. The number of unbranched alkanes of at least 4 members (excludes halogenated alkanes) is 16. The summed E-state index contributed by atoms with van der Waals surface area (Å²) < 4.78 is 28.0. The summed E-state index contributed by atoms with van der Waals surface area (Å²) in [6.07, 6.45) is 26.0. The molecule has 0 amide bonds. The van der Waals surface area contributed by atoms with Gasteiger partial charge in [-0.25, -0.2) is 0 Å². The Hall–Kier alpha value is 0.720. The van der Waals surface area contributed by atoms with Gasteiger partial charge < -0.3 is 61.9 Å². The molecule has 0 atom stereocenters. The van der Waals surface area contributed by atoms with Gasteiger partial charge in [0.2, 0.25) is 0 Å². The van der Waals surface area contributed by atoms with Gasteiger partial charge in [-0.2, -0.15) is 0 Å². The molecule has 6 nitrogen and oxygen atoms in total. The summed E-state index contributed by atoms with van der Waals surface area (Å²) in [7, 11) is 0. The Morgan fingerprint density at radius 3 is 0.962 bits per heavy atom. The topological polar surface area (TPSA) is 36.9 Å². The molecular formula is C45H96Br2N2O4. The van der Waals surface area contributed by atoms with E-state index in [1.807, 2.05) is 0 Å². The first-order chi connectivity index (χ1) is 24.9. The van der Waals surface area contributed by atoms with Crippen LogP contribution in [0.3, 0.4) is 0 Å². The third-order valence-corrected chi connectivity index (χ3v) is 12.4. The first-order valence-corrected chi connectivity index (χ1v) is 22.9. The lowest BCUT2D eigenvalue weighted by atomic mass is 9.84. The van der Waals surface area contributed by atoms with Crippen LogP contribution in [0.2, 0.25) is 0 Å². The molecule has 0 aromatic rings. The van der Waals surface area contributed by atoms with Crippen molar-refractivity contribution in [3.05, 3.63) is 0 Å². The third kappa shape index (κ3) is 30.5. The van der Waals surface area contributed by atoms with Gasteiger partial charge in [0, 0.05) is 25.2 Å². The first kappa shape index (κ1) is 58.0. The first-order valence-electron chi connectivity index (χ1n) is 22.9. The molecule has 0 rings (SSSR count). The van der Waals surface area contributed by atoms with E-state index in [9.17, 15) is 0 Å². The zero-order chi connectivity index (χ0) is 37.8. The number of hydrogen-bond donors (Lipinski definition) is 0.